The first-order valence-electron chi connectivity index (χ1n) is 9.67. The lowest BCUT2D eigenvalue weighted by atomic mass is 10.1. The molecule has 0 radical (unpaired) electrons. The molecule has 4 rings (SSSR count). The average molecular weight is 438 g/mol. The molecule has 0 aliphatic carbocycles. The average Bonchev–Trinajstić information content (AvgIpc) is 2.80. The van der Waals surface area contributed by atoms with E-state index in [4.69, 9.17) is 0 Å². The molecule has 0 spiro atoms. The zero-order valence-corrected chi connectivity index (χ0v) is 16.6. The minimum atomic E-state index is -4.47. The second-order valence-electron chi connectivity index (χ2n) is 7.03. The number of rotatable bonds is 5. The molecule has 0 saturated carbocycles. The lowest BCUT2D eigenvalue weighted by Gasteiger charge is -2.12. The maximum atomic E-state index is 12.9. The van der Waals surface area contributed by atoms with E-state index in [9.17, 15) is 22.8 Å². The number of hydrogen-bond donors (Lipinski definition) is 1. The van der Waals surface area contributed by atoms with Crippen LogP contribution in [0.3, 0.4) is 0 Å². The van der Waals surface area contributed by atoms with Crippen molar-refractivity contribution < 1.29 is 18.0 Å². The van der Waals surface area contributed by atoms with Crippen LogP contribution in [0.25, 0.3) is 10.8 Å². The Labute approximate surface area is 180 Å². The van der Waals surface area contributed by atoms with E-state index in [1.165, 1.54) is 4.68 Å². The van der Waals surface area contributed by atoms with Gasteiger partial charge in [0.25, 0.3) is 11.5 Å². The van der Waals surface area contributed by atoms with E-state index in [1.54, 1.807) is 48.7 Å². The lowest BCUT2D eigenvalue weighted by molar-refractivity contribution is -0.137. The summed E-state index contributed by atoms with van der Waals surface area (Å²) in [5.41, 5.74) is 0.0741. The molecule has 0 aliphatic rings. The van der Waals surface area contributed by atoms with Crippen molar-refractivity contribution in [2.75, 3.05) is 0 Å². The molecule has 9 heteroatoms. The molecule has 0 aliphatic heterocycles. The summed E-state index contributed by atoms with van der Waals surface area (Å²) in [7, 11) is 0. The van der Waals surface area contributed by atoms with Gasteiger partial charge in [-0.2, -0.15) is 18.3 Å². The van der Waals surface area contributed by atoms with Crippen molar-refractivity contribution in [3.05, 3.63) is 106 Å². The van der Waals surface area contributed by atoms with Gasteiger partial charge < -0.3 is 5.32 Å². The lowest BCUT2D eigenvalue weighted by Crippen LogP contribution is -2.29. The topological polar surface area (TPSA) is 76.9 Å². The van der Waals surface area contributed by atoms with Crippen molar-refractivity contribution in [1.82, 2.24) is 20.1 Å². The number of hydrogen-bond acceptors (Lipinski definition) is 4. The van der Waals surface area contributed by atoms with Crippen LogP contribution in [0.5, 0.6) is 0 Å². The Hall–Kier alpha value is -4.01. The fourth-order valence-electron chi connectivity index (χ4n) is 3.26. The molecule has 2 heterocycles. The molecule has 2 aromatic carbocycles. The van der Waals surface area contributed by atoms with Crippen LogP contribution in [0.15, 0.2) is 77.7 Å². The third-order valence-corrected chi connectivity index (χ3v) is 4.87. The van der Waals surface area contributed by atoms with E-state index >= 15 is 0 Å². The summed E-state index contributed by atoms with van der Waals surface area (Å²) < 4.78 is 39.5. The number of fused-ring (bicyclic) bond motifs is 1. The summed E-state index contributed by atoms with van der Waals surface area (Å²) >= 11 is 0. The minimum Gasteiger partial charge on any atom is -0.346 e. The van der Waals surface area contributed by atoms with Crippen molar-refractivity contribution in [1.29, 1.82) is 0 Å². The van der Waals surface area contributed by atoms with Crippen LogP contribution in [0.4, 0.5) is 13.2 Å². The quantitative estimate of drug-likeness (QED) is 0.515. The monoisotopic (exact) mass is 438 g/mol. The third-order valence-electron chi connectivity index (χ3n) is 4.87. The Morgan fingerprint density at radius 3 is 2.28 bits per heavy atom. The third kappa shape index (κ3) is 4.51. The number of alkyl halides is 3. The first-order chi connectivity index (χ1) is 15.3. The Morgan fingerprint density at radius 2 is 1.62 bits per heavy atom. The molecule has 32 heavy (non-hydrogen) atoms. The molecule has 0 atom stereocenters. The van der Waals surface area contributed by atoms with Gasteiger partial charge in [-0.15, -0.1) is 0 Å². The normalized spacial score (nSPS) is 11.5. The summed E-state index contributed by atoms with van der Waals surface area (Å²) in [5, 5.41) is 8.10. The number of nitrogens with one attached hydrogen (secondary N) is 1. The van der Waals surface area contributed by atoms with Gasteiger partial charge in [0.1, 0.15) is 0 Å². The Bertz CT molecular complexity index is 1320. The number of benzene rings is 2. The predicted octanol–water partition coefficient (Wildman–Crippen LogP) is 3.79. The summed E-state index contributed by atoms with van der Waals surface area (Å²) in [5.74, 6) is -0.549. The molecule has 0 bridgehead atoms. The Balaban J connectivity index is 1.60. The van der Waals surface area contributed by atoms with Gasteiger partial charge in [-0.1, -0.05) is 24.3 Å². The smallest absolute Gasteiger partial charge is 0.346 e. The number of amides is 1. The number of nitrogens with zero attached hydrogens (tertiary/aromatic N) is 3. The summed E-state index contributed by atoms with van der Waals surface area (Å²) in [4.78, 5) is 29.5. The number of halogens is 3. The van der Waals surface area contributed by atoms with E-state index < -0.39 is 17.6 Å². The number of pyridine rings is 1. The number of carbonyl (C=O) groups is 1. The fourth-order valence-corrected chi connectivity index (χ4v) is 3.26. The van der Waals surface area contributed by atoms with E-state index in [1.807, 2.05) is 0 Å². The van der Waals surface area contributed by atoms with Crippen LogP contribution in [0.1, 0.15) is 27.3 Å². The van der Waals surface area contributed by atoms with Gasteiger partial charge in [0, 0.05) is 17.1 Å². The molecule has 0 saturated heterocycles. The fraction of sp³-hybridized carbons (Fsp3) is 0.130. The molecule has 162 valence electrons. The Morgan fingerprint density at radius 1 is 0.938 bits per heavy atom. The molecule has 4 aromatic rings. The van der Waals surface area contributed by atoms with Gasteiger partial charge in [-0.05, 0) is 42.5 Å². The van der Waals surface area contributed by atoms with Crippen molar-refractivity contribution >= 4 is 16.7 Å². The predicted molar refractivity (Wildman–Crippen MR) is 112 cm³/mol. The molecule has 0 unspecified atom stereocenters. The molecule has 6 nitrogen and oxygen atoms in total. The summed E-state index contributed by atoms with van der Waals surface area (Å²) in [6.07, 6.45) is -2.86. The van der Waals surface area contributed by atoms with Gasteiger partial charge in [-0.3, -0.25) is 14.6 Å². The van der Waals surface area contributed by atoms with Gasteiger partial charge in [0.15, 0.2) is 0 Å². The molecule has 1 amide bonds. The van der Waals surface area contributed by atoms with E-state index in [0.29, 0.717) is 22.2 Å². The van der Waals surface area contributed by atoms with E-state index in [-0.39, 0.29) is 24.2 Å². The molecule has 1 N–H and O–H groups in total. The van der Waals surface area contributed by atoms with Crippen molar-refractivity contribution in [2.24, 2.45) is 0 Å². The highest BCUT2D eigenvalue weighted by molar-refractivity contribution is 5.94. The largest absolute Gasteiger partial charge is 0.416 e. The minimum absolute atomic E-state index is 0.0110. The molecule has 0 fully saturated rings. The first kappa shape index (κ1) is 21.2. The van der Waals surface area contributed by atoms with Crippen LogP contribution in [0.2, 0.25) is 0 Å². The standard InChI is InChI=1S/C23H17F3N4O2/c24-23(25,26)16-10-8-15(9-11-16)21(31)28-13-20-18-6-1-2-7-19(18)22(32)30(29-20)14-17-5-3-4-12-27-17/h1-12H,13-14H2,(H,28,31). The highest BCUT2D eigenvalue weighted by Gasteiger charge is 2.30. The number of aromatic nitrogens is 3. The van der Waals surface area contributed by atoms with Crippen LogP contribution in [0, 0.1) is 0 Å². The zero-order valence-electron chi connectivity index (χ0n) is 16.6. The van der Waals surface area contributed by atoms with Crippen LogP contribution >= 0.6 is 0 Å². The molecule has 2 aromatic heterocycles. The highest BCUT2D eigenvalue weighted by atomic mass is 19.4. The van der Waals surface area contributed by atoms with Gasteiger partial charge in [-0.25, -0.2) is 4.68 Å². The number of carbonyl (C=O) groups excluding carboxylic acids is 1. The van der Waals surface area contributed by atoms with Crippen LogP contribution in [-0.4, -0.2) is 20.7 Å². The zero-order chi connectivity index (χ0) is 22.7. The van der Waals surface area contributed by atoms with E-state index in [2.05, 4.69) is 15.4 Å². The second-order valence-corrected chi connectivity index (χ2v) is 7.03. The van der Waals surface area contributed by atoms with Gasteiger partial charge in [0.2, 0.25) is 0 Å². The maximum Gasteiger partial charge on any atom is 0.416 e. The summed E-state index contributed by atoms with van der Waals surface area (Å²) in [6.45, 7) is 0.146. The maximum absolute atomic E-state index is 12.9. The van der Waals surface area contributed by atoms with E-state index in [0.717, 1.165) is 24.3 Å². The van der Waals surface area contributed by atoms with Gasteiger partial charge >= 0.3 is 6.18 Å². The van der Waals surface area contributed by atoms with Crippen LogP contribution in [-0.2, 0) is 19.3 Å². The molecular formula is C23H17F3N4O2. The van der Waals surface area contributed by atoms with Crippen molar-refractivity contribution in [3.63, 3.8) is 0 Å². The second kappa shape index (κ2) is 8.62. The SMILES string of the molecule is O=C(NCc1nn(Cc2ccccn2)c(=O)c2ccccc12)c1ccc(C(F)(F)F)cc1. The van der Waals surface area contributed by atoms with Gasteiger partial charge in [0.05, 0.1) is 35.4 Å². The van der Waals surface area contributed by atoms with Crippen molar-refractivity contribution in [3.8, 4) is 0 Å². The molecular weight excluding hydrogens is 421 g/mol. The van der Waals surface area contributed by atoms with Crippen LogP contribution < -0.4 is 10.9 Å². The van der Waals surface area contributed by atoms with Crippen molar-refractivity contribution in [2.45, 2.75) is 19.3 Å². The summed E-state index contributed by atoms with van der Waals surface area (Å²) in [6, 6.07) is 16.2. The first-order valence-corrected chi connectivity index (χ1v) is 9.67. The highest BCUT2D eigenvalue weighted by Crippen LogP contribution is 2.29. The Kier molecular flexibility index (Phi) is 5.72.